The molecule has 3 saturated heterocycles. The maximum Gasteiger partial charge on any atom is 0.552 e. The number of nitrogens with zero attached hydrogens (tertiary/aromatic N) is 1. The molecular formula is C14H22BN3O7. The largest absolute Gasteiger partial charge is 0.552 e. The lowest BCUT2D eigenvalue weighted by atomic mass is 9.74. The number of hydrogen-bond donors (Lipinski definition) is 4. The smallest absolute Gasteiger partial charge is 0.506 e. The number of hydrogen-bond acceptors (Lipinski definition) is 8. The average Bonchev–Trinajstić information content (AvgIpc) is 3.22. The third-order valence-corrected chi connectivity index (χ3v) is 4.12. The molecule has 4 atom stereocenters. The Morgan fingerprint density at radius 1 is 1.56 bits per heavy atom. The van der Waals surface area contributed by atoms with Crippen LogP contribution in [0.15, 0.2) is 0 Å². The highest BCUT2D eigenvalue weighted by Gasteiger charge is 2.52. The Labute approximate surface area is 152 Å². The summed E-state index contributed by atoms with van der Waals surface area (Å²) >= 11 is 0. The first-order chi connectivity index (χ1) is 13.8. The second kappa shape index (κ2) is 7.69. The van der Waals surface area contributed by atoms with Crippen LogP contribution in [0, 0.1) is 0 Å². The van der Waals surface area contributed by atoms with E-state index in [1.165, 1.54) is 0 Å². The zero-order chi connectivity index (χ0) is 22.5. The molecule has 0 saturated carbocycles. The number of carbonyl (C=O) groups excluding carboxylic acids is 2. The standard InChI is InChI=1S/C14H22BN3O7/c19-10(7-17-8-3-4-16-6-8)18-5-1-2-9(18)15-24-12(13(21)22)11(20)14(23)25-15/h8-9,11-12,16-17,20H,1-7H2,(H,21,22)/t8-,9+,11?,12?/m1/s1/i5D2,7D2,9D. The van der Waals surface area contributed by atoms with Gasteiger partial charge in [-0.25, -0.2) is 4.79 Å². The molecule has 1 amide bonds. The van der Waals surface area contributed by atoms with Crippen molar-refractivity contribution in [3.05, 3.63) is 0 Å². The van der Waals surface area contributed by atoms with E-state index in [1.54, 1.807) is 0 Å². The van der Waals surface area contributed by atoms with Crippen LogP contribution >= 0.6 is 0 Å². The number of aliphatic carboxylic acids is 1. The van der Waals surface area contributed by atoms with Gasteiger partial charge in [-0.05, 0) is 25.8 Å². The summed E-state index contributed by atoms with van der Waals surface area (Å²) in [6, 6.07) is -0.396. The van der Waals surface area contributed by atoms with E-state index >= 15 is 0 Å². The zero-order valence-electron chi connectivity index (χ0n) is 18.2. The van der Waals surface area contributed by atoms with Gasteiger partial charge < -0.3 is 35.1 Å². The molecule has 0 aromatic carbocycles. The van der Waals surface area contributed by atoms with Crippen molar-refractivity contribution in [2.45, 2.75) is 43.4 Å². The predicted octanol–water partition coefficient (Wildman–Crippen LogP) is -2.66. The lowest BCUT2D eigenvalue weighted by Crippen LogP contribution is -2.60. The second-order valence-corrected chi connectivity index (χ2v) is 5.86. The highest BCUT2D eigenvalue weighted by atomic mass is 16.7. The number of rotatable bonds is 5. The number of nitrogens with one attached hydrogen (secondary N) is 2. The monoisotopic (exact) mass is 360 g/mol. The molecule has 0 aromatic rings. The van der Waals surface area contributed by atoms with Crippen molar-refractivity contribution in [3.63, 3.8) is 0 Å². The van der Waals surface area contributed by atoms with Crippen LogP contribution in [0.1, 0.15) is 26.1 Å². The molecule has 25 heavy (non-hydrogen) atoms. The van der Waals surface area contributed by atoms with Crippen LogP contribution in [-0.4, -0.2) is 90.3 Å². The number of aliphatic hydroxyl groups is 1. The van der Waals surface area contributed by atoms with E-state index in [-0.39, 0.29) is 0 Å². The van der Waals surface area contributed by atoms with E-state index in [4.69, 9.17) is 21.3 Å². The molecule has 0 spiro atoms. The summed E-state index contributed by atoms with van der Waals surface area (Å²) < 4.78 is 51.0. The molecule has 3 aliphatic rings. The van der Waals surface area contributed by atoms with E-state index in [0.717, 1.165) is 0 Å². The molecule has 2 unspecified atom stereocenters. The predicted molar refractivity (Wildman–Crippen MR) is 84.4 cm³/mol. The van der Waals surface area contributed by atoms with Crippen molar-refractivity contribution in [2.75, 3.05) is 26.1 Å². The molecule has 0 aromatic heterocycles. The minimum absolute atomic E-state index is 0.296. The van der Waals surface area contributed by atoms with E-state index in [1.807, 2.05) is 0 Å². The molecule has 138 valence electrons. The first kappa shape index (κ1) is 12.6. The Morgan fingerprint density at radius 3 is 3.04 bits per heavy atom. The maximum absolute atomic E-state index is 13.0. The van der Waals surface area contributed by atoms with Crippen molar-refractivity contribution in [1.82, 2.24) is 15.5 Å². The van der Waals surface area contributed by atoms with Gasteiger partial charge in [-0.15, -0.1) is 0 Å². The van der Waals surface area contributed by atoms with Crippen LogP contribution in [0.2, 0.25) is 0 Å². The van der Waals surface area contributed by atoms with Gasteiger partial charge in [-0.3, -0.25) is 9.59 Å². The lowest BCUT2D eigenvalue weighted by molar-refractivity contribution is -0.172. The normalized spacial score (nSPS) is 41.2. The quantitative estimate of drug-likeness (QED) is 0.387. The Balaban J connectivity index is 1.90. The van der Waals surface area contributed by atoms with Crippen molar-refractivity contribution >= 4 is 25.0 Å². The highest BCUT2D eigenvalue weighted by Crippen LogP contribution is 2.25. The minimum Gasteiger partial charge on any atom is -0.506 e. The number of likely N-dealkylation sites (tertiary alicyclic amines) is 1. The first-order valence-electron chi connectivity index (χ1n) is 10.4. The summed E-state index contributed by atoms with van der Waals surface area (Å²) in [6.45, 7) is -4.25. The van der Waals surface area contributed by atoms with E-state index in [2.05, 4.69) is 10.6 Å². The number of amides is 1. The van der Waals surface area contributed by atoms with Gasteiger partial charge in [0.15, 0.2) is 12.2 Å². The van der Waals surface area contributed by atoms with Gasteiger partial charge in [0.2, 0.25) is 5.91 Å². The SMILES string of the molecule is [2H]C([2H])(N[C@@H]1CCNC1)C(=O)N1C([2H])([2H])CC[C@@]1([2H])B1OC(=O)C(O)C(C(=O)O)O1. The summed E-state index contributed by atoms with van der Waals surface area (Å²) in [7, 11) is -2.04. The van der Waals surface area contributed by atoms with Crippen molar-refractivity contribution in [1.29, 1.82) is 0 Å². The van der Waals surface area contributed by atoms with Crippen LogP contribution in [-0.2, 0) is 23.7 Å². The Morgan fingerprint density at radius 2 is 2.36 bits per heavy atom. The lowest BCUT2D eigenvalue weighted by Gasteiger charge is -2.34. The van der Waals surface area contributed by atoms with Crippen molar-refractivity contribution in [3.8, 4) is 0 Å². The third kappa shape index (κ3) is 3.95. The molecule has 3 aliphatic heterocycles. The Kier molecular flexibility index (Phi) is 3.88. The molecule has 3 heterocycles. The van der Waals surface area contributed by atoms with Gasteiger partial charge in [0, 0.05) is 21.8 Å². The van der Waals surface area contributed by atoms with Crippen LogP contribution < -0.4 is 10.6 Å². The summed E-state index contributed by atoms with van der Waals surface area (Å²) in [5.74, 6) is -6.97. The maximum atomic E-state index is 13.0. The first-order valence-corrected chi connectivity index (χ1v) is 7.89. The number of carbonyl (C=O) groups is 3. The molecule has 0 radical (unpaired) electrons. The number of carboxylic acid groups (broad SMARTS) is 1. The summed E-state index contributed by atoms with van der Waals surface area (Å²) in [5, 5.41) is 24.3. The topological polar surface area (TPSA) is 137 Å². The molecule has 0 aliphatic carbocycles. The van der Waals surface area contributed by atoms with Crippen LogP contribution in [0.25, 0.3) is 0 Å². The zero-order valence-corrected chi connectivity index (χ0v) is 13.2. The fourth-order valence-electron chi connectivity index (χ4n) is 2.81. The molecule has 3 rings (SSSR count). The number of aliphatic hydroxyl groups excluding tert-OH is 1. The van der Waals surface area contributed by atoms with E-state index in [0.29, 0.717) is 24.4 Å². The molecular weight excluding hydrogens is 333 g/mol. The average molecular weight is 360 g/mol. The molecule has 4 N–H and O–H groups in total. The van der Waals surface area contributed by atoms with Gasteiger partial charge in [-0.2, -0.15) is 0 Å². The molecule has 10 nitrogen and oxygen atoms in total. The Bertz CT molecular complexity index is 741. The van der Waals surface area contributed by atoms with Gasteiger partial charge in [0.05, 0.1) is 16.5 Å². The molecule has 3 fully saturated rings. The van der Waals surface area contributed by atoms with E-state index in [9.17, 15) is 19.5 Å². The van der Waals surface area contributed by atoms with Crippen molar-refractivity contribution in [2.24, 2.45) is 0 Å². The van der Waals surface area contributed by atoms with Crippen LogP contribution in [0.3, 0.4) is 0 Å². The fraction of sp³-hybridized carbons (Fsp3) is 0.786. The fourth-order valence-corrected chi connectivity index (χ4v) is 2.81. The Hall–Kier alpha value is -1.69. The summed E-state index contributed by atoms with van der Waals surface area (Å²) in [6.07, 6.45) is -4.53. The minimum atomic E-state index is -2.76. The molecule has 11 heteroatoms. The van der Waals surface area contributed by atoms with E-state index < -0.39 is 75.0 Å². The van der Waals surface area contributed by atoms with Crippen LogP contribution in [0.4, 0.5) is 0 Å². The number of carboxylic acids is 1. The summed E-state index contributed by atoms with van der Waals surface area (Å²) in [4.78, 5) is 36.5. The highest BCUT2D eigenvalue weighted by molar-refractivity contribution is 6.50. The van der Waals surface area contributed by atoms with Crippen molar-refractivity contribution < 1.29 is 40.8 Å². The van der Waals surface area contributed by atoms with Gasteiger partial charge in [0.1, 0.15) is 0 Å². The molecule has 0 bridgehead atoms. The van der Waals surface area contributed by atoms with Gasteiger partial charge >= 0.3 is 19.1 Å². The summed E-state index contributed by atoms with van der Waals surface area (Å²) in [5.41, 5.74) is 0. The second-order valence-electron chi connectivity index (χ2n) is 5.86. The van der Waals surface area contributed by atoms with Gasteiger partial charge in [-0.1, -0.05) is 0 Å². The van der Waals surface area contributed by atoms with Crippen LogP contribution in [0.5, 0.6) is 0 Å². The van der Waals surface area contributed by atoms with Gasteiger partial charge in [0.25, 0.3) is 0 Å². The third-order valence-electron chi connectivity index (χ3n) is 4.12.